The van der Waals surface area contributed by atoms with E-state index >= 15 is 0 Å². The molecule has 0 aliphatic rings. The molecule has 2 aromatic carbocycles. The normalized spacial score (nSPS) is 10.2. The van der Waals surface area contributed by atoms with E-state index in [2.05, 4.69) is 37.2 Å². The second-order valence-electron chi connectivity index (χ2n) is 4.23. The summed E-state index contributed by atoms with van der Waals surface area (Å²) < 4.78 is 6.71. The van der Waals surface area contributed by atoms with Crippen LogP contribution in [0.3, 0.4) is 0 Å². The van der Waals surface area contributed by atoms with E-state index in [4.69, 9.17) is 4.74 Å². The molecule has 0 bridgehead atoms. The summed E-state index contributed by atoms with van der Waals surface area (Å²) in [7, 11) is 1.59. The van der Waals surface area contributed by atoms with E-state index < -0.39 is 0 Å². The van der Waals surface area contributed by atoms with Crippen molar-refractivity contribution in [1.29, 1.82) is 0 Å². The third-order valence-corrected chi connectivity index (χ3v) is 4.07. The van der Waals surface area contributed by atoms with Crippen LogP contribution in [-0.4, -0.2) is 12.0 Å². The summed E-state index contributed by atoms with van der Waals surface area (Å²) in [6.07, 6.45) is 0. The lowest BCUT2D eigenvalue weighted by molar-refractivity contribution is -0.385. The molecule has 0 fully saturated rings. The third kappa shape index (κ3) is 3.95. The molecule has 21 heavy (non-hydrogen) atoms. The van der Waals surface area contributed by atoms with Crippen LogP contribution in [0.1, 0.15) is 5.56 Å². The lowest BCUT2D eigenvalue weighted by Gasteiger charge is -2.11. The summed E-state index contributed by atoms with van der Waals surface area (Å²) in [5, 5.41) is 14.3. The van der Waals surface area contributed by atoms with E-state index in [0.717, 1.165) is 10.2 Å². The summed E-state index contributed by atoms with van der Waals surface area (Å²) in [6, 6.07) is 10.5. The van der Waals surface area contributed by atoms with Crippen LogP contribution in [0.25, 0.3) is 0 Å². The van der Waals surface area contributed by atoms with Gasteiger partial charge in [0.15, 0.2) is 0 Å². The summed E-state index contributed by atoms with van der Waals surface area (Å²) >= 11 is 6.68. The Morgan fingerprint density at radius 1 is 1.24 bits per heavy atom. The summed E-state index contributed by atoms with van der Waals surface area (Å²) in [6.45, 7) is 0.343. The minimum atomic E-state index is -0.387. The molecule has 2 aromatic rings. The van der Waals surface area contributed by atoms with Crippen molar-refractivity contribution in [2.75, 3.05) is 12.4 Å². The lowest BCUT2D eigenvalue weighted by atomic mass is 10.1. The fourth-order valence-corrected chi connectivity index (χ4v) is 2.55. The molecule has 110 valence electrons. The molecule has 7 heteroatoms. The van der Waals surface area contributed by atoms with Gasteiger partial charge in [-0.3, -0.25) is 10.1 Å². The maximum Gasteiger partial charge on any atom is 0.275 e. The zero-order chi connectivity index (χ0) is 15.4. The number of benzene rings is 2. The number of nitrogens with one attached hydrogen (secondary N) is 1. The highest BCUT2D eigenvalue weighted by Crippen LogP contribution is 2.29. The maximum absolute atomic E-state index is 11.1. The summed E-state index contributed by atoms with van der Waals surface area (Å²) in [4.78, 5) is 10.7. The van der Waals surface area contributed by atoms with Crippen molar-refractivity contribution < 1.29 is 9.66 Å². The van der Waals surface area contributed by atoms with Crippen LogP contribution in [0.15, 0.2) is 45.3 Å². The molecule has 0 aliphatic carbocycles. The van der Waals surface area contributed by atoms with Crippen LogP contribution >= 0.6 is 31.9 Å². The fourth-order valence-electron chi connectivity index (χ4n) is 1.81. The lowest BCUT2D eigenvalue weighted by Crippen LogP contribution is -2.04. The van der Waals surface area contributed by atoms with Crippen molar-refractivity contribution in [1.82, 2.24) is 0 Å². The summed E-state index contributed by atoms with van der Waals surface area (Å²) in [5.41, 5.74) is 1.50. The molecule has 0 unspecified atom stereocenters. The smallest absolute Gasteiger partial charge is 0.275 e. The number of rotatable bonds is 5. The topological polar surface area (TPSA) is 64.4 Å². The zero-order valence-electron chi connectivity index (χ0n) is 11.1. The highest BCUT2D eigenvalue weighted by Gasteiger charge is 2.14. The monoisotopic (exact) mass is 414 g/mol. The highest BCUT2D eigenvalue weighted by molar-refractivity contribution is 9.10. The van der Waals surface area contributed by atoms with E-state index in [1.54, 1.807) is 19.2 Å². The average molecular weight is 416 g/mol. The minimum absolute atomic E-state index is 0.0795. The van der Waals surface area contributed by atoms with Gasteiger partial charge in [0.2, 0.25) is 0 Å². The first-order chi connectivity index (χ1) is 10.0. The van der Waals surface area contributed by atoms with Gasteiger partial charge in [-0.15, -0.1) is 0 Å². The van der Waals surface area contributed by atoms with Gasteiger partial charge in [-0.2, -0.15) is 0 Å². The van der Waals surface area contributed by atoms with E-state index in [9.17, 15) is 10.1 Å². The molecule has 0 saturated carbocycles. The van der Waals surface area contributed by atoms with Crippen LogP contribution in [0.4, 0.5) is 11.4 Å². The van der Waals surface area contributed by atoms with Crippen molar-refractivity contribution in [3.05, 3.63) is 61.0 Å². The number of anilines is 1. The van der Waals surface area contributed by atoms with Gasteiger partial charge in [-0.25, -0.2) is 0 Å². The summed E-state index contributed by atoms with van der Waals surface area (Å²) in [5.74, 6) is 0.714. The zero-order valence-corrected chi connectivity index (χ0v) is 14.3. The number of methoxy groups -OCH3 is 1. The molecule has 1 N–H and O–H groups in total. The van der Waals surface area contributed by atoms with E-state index in [1.807, 2.05) is 18.2 Å². The molecule has 0 spiro atoms. The number of hydrogen-bond acceptors (Lipinski definition) is 4. The third-order valence-electron chi connectivity index (χ3n) is 2.89. The Morgan fingerprint density at radius 3 is 2.67 bits per heavy atom. The van der Waals surface area contributed by atoms with Gasteiger partial charge in [0.05, 0.1) is 17.7 Å². The quantitative estimate of drug-likeness (QED) is 0.565. The van der Waals surface area contributed by atoms with Crippen LogP contribution in [0.5, 0.6) is 5.75 Å². The molecule has 5 nitrogen and oxygen atoms in total. The van der Waals surface area contributed by atoms with Crippen LogP contribution < -0.4 is 10.1 Å². The van der Waals surface area contributed by atoms with E-state index in [1.165, 1.54) is 6.07 Å². The Bertz CT molecular complexity index is 677. The van der Waals surface area contributed by atoms with Gasteiger partial charge in [-0.05, 0) is 40.2 Å². The number of nitro groups is 1. The first-order valence-electron chi connectivity index (χ1n) is 6.01. The van der Waals surface area contributed by atoms with Crippen molar-refractivity contribution in [2.24, 2.45) is 0 Å². The van der Waals surface area contributed by atoms with Crippen molar-refractivity contribution in [3.63, 3.8) is 0 Å². The first kappa shape index (κ1) is 15.8. The number of ether oxygens (including phenoxy) is 1. The Labute approximate surface area is 138 Å². The van der Waals surface area contributed by atoms with E-state index in [-0.39, 0.29) is 10.6 Å². The first-order valence-corrected chi connectivity index (χ1v) is 7.60. The minimum Gasteiger partial charge on any atom is -0.497 e. The molecule has 0 amide bonds. The molecule has 0 saturated heterocycles. The van der Waals surface area contributed by atoms with Crippen molar-refractivity contribution in [2.45, 2.75) is 6.54 Å². The standard InChI is InChI=1S/C14H12Br2N2O3/c1-21-11-4-5-12(16)13(7-11)17-8-9-2-3-10(15)6-14(9)18(19)20/h2-7,17H,8H2,1H3. The molecule has 0 aliphatic heterocycles. The molecule has 0 heterocycles. The predicted octanol–water partition coefficient (Wildman–Crippen LogP) is 4.74. The second kappa shape index (κ2) is 6.91. The van der Waals surface area contributed by atoms with Gasteiger partial charge in [0, 0.05) is 33.2 Å². The largest absolute Gasteiger partial charge is 0.497 e. The van der Waals surface area contributed by atoms with Crippen LogP contribution in [-0.2, 0) is 6.54 Å². The molecule has 0 atom stereocenters. The van der Waals surface area contributed by atoms with Crippen molar-refractivity contribution >= 4 is 43.2 Å². The maximum atomic E-state index is 11.1. The molecular weight excluding hydrogens is 404 g/mol. The van der Waals surface area contributed by atoms with Crippen molar-refractivity contribution in [3.8, 4) is 5.75 Å². The van der Waals surface area contributed by atoms with Gasteiger partial charge in [-0.1, -0.05) is 15.9 Å². The number of halogens is 2. The average Bonchev–Trinajstić information content (AvgIpc) is 2.47. The van der Waals surface area contributed by atoms with Gasteiger partial charge < -0.3 is 10.1 Å². The number of hydrogen-bond donors (Lipinski definition) is 1. The molecular formula is C14H12Br2N2O3. The van der Waals surface area contributed by atoms with Gasteiger partial charge in [0.25, 0.3) is 5.69 Å². The SMILES string of the molecule is COc1ccc(Br)c(NCc2ccc(Br)cc2[N+](=O)[O-])c1. The Balaban J connectivity index is 2.22. The Morgan fingerprint density at radius 2 is 2.00 bits per heavy atom. The Hall–Kier alpha value is -1.60. The molecule has 2 rings (SSSR count). The van der Waals surface area contributed by atoms with E-state index in [0.29, 0.717) is 22.3 Å². The molecule has 0 radical (unpaired) electrons. The highest BCUT2D eigenvalue weighted by atomic mass is 79.9. The van der Waals surface area contributed by atoms with Crippen LogP contribution in [0.2, 0.25) is 0 Å². The van der Waals surface area contributed by atoms with Crippen LogP contribution in [0, 0.1) is 10.1 Å². The molecule has 0 aromatic heterocycles. The second-order valence-corrected chi connectivity index (χ2v) is 6.00. The van der Waals surface area contributed by atoms with Gasteiger partial charge >= 0.3 is 0 Å². The predicted molar refractivity (Wildman–Crippen MR) is 88.8 cm³/mol. The Kier molecular flexibility index (Phi) is 5.19. The number of nitrogens with zero attached hydrogens (tertiary/aromatic N) is 1. The van der Waals surface area contributed by atoms with Gasteiger partial charge in [0.1, 0.15) is 5.75 Å². The number of nitro benzene ring substituents is 1. The fraction of sp³-hybridized carbons (Fsp3) is 0.143.